The summed E-state index contributed by atoms with van der Waals surface area (Å²) in [5, 5.41) is 0. The van der Waals surface area contributed by atoms with E-state index in [0.29, 0.717) is 12.3 Å². The molecule has 2 aliphatic heterocycles. The van der Waals surface area contributed by atoms with Crippen LogP contribution in [0.5, 0.6) is 0 Å². The Bertz CT molecular complexity index is 478. The maximum atomic E-state index is 12.4. The van der Waals surface area contributed by atoms with Gasteiger partial charge in [0.05, 0.1) is 0 Å². The summed E-state index contributed by atoms with van der Waals surface area (Å²) >= 11 is 0. The number of fused-ring (bicyclic) bond motifs is 1. The van der Waals surface area contributed by atoms with Gasteiger partial charge in [-0.2, -0.15) is 0 Å². The highest BCUT2D eigenvalue weighted by Crippen LogP contribution is 2.26. The van der Waals surface area contributed by atoms with Crippen LogP contribution < -0.4 is 4.90 Å². The third kappa shape index (κ3) is 3.58. The summed E-state index contributed by atoms with van der Waals surface area (Å²) in [5.74, 6) is 0.347. The second kappa shape index (κ2) is 6.97. The molecule has 0 radical (unpaired) electrons. The fourth-order valence-corrected chi connectivity index (χ4v) is 3.55. The summed E-state index contributed by atoms with van der Waals surface area (Å²) in [6, 6.07) is 8.64. The van der Waals surface area contributed by atoms with Crippen molar-refractivity contribution < 1.29 is 4.79 Å². The minimum absolute atomic E-state index is 0.347. The van der Waals surface area contributed by atoms with Gasteiger partial charge in [-0.05, 0) is 37.3 Å². The molecule has 3 heteroatoms. The molecule has 0 saturated carbocycles. The molecular formula is C18H26N2O. The molecule has 1 aromatic rings. The highest BCUT2D eigenvalue weighted by atomic mass is 16.2. The molecule has 0 aromatic heterocycles. The van der Waals surface area contributed by atoms with Crippen LogP contribution in [0, 0.1) is 0 Å². The van der Waals surface area contributed by atoms with Crippen LogP contribution in [0.25, 0.3) is 0 Å². The van der Waals surface area contributed by atoms with Crippen molar-refractivity contribution in [2.24, 2.45) is 0 Å². The summed E-state index contributed by atoms with van der Waals surface area (Å²) in [7, 11) is 0. The van der Waals surface area contributed by atoms with Gasteiger partial charge in [-0.3, -0.25) is 4.79 Å². The first-order valence-electron chi connectivity index (χ1n) is 8.45. The van der Waals surface area contributed by atoms with Crippen molar-refractivity contribution in [3.8, 4) is 0 Å². The predicted molar refractivity (Wildman–Crippen MR) is 86.6 cm³/mol. The lowest BCUT2D eigenvalue weighted by molar-refractivity contribution is -0.130. The molecule has 1 fully saturated rings. The highest BCUT2D eigenvalue weighted by molar-refractivity contribution is 5.77. The molecule has 0 N–H and O–H groups in total. The summed E-state index contributed by atoms with van der Waals surface area (Å²) in [5.41, 5.74) is 2.78. The minimum Gasteiger partial charge on any atom is -0.371 e. The average Bonchev–Trinajstić information content (AvgIpc) is 2.82. The number of para-hydroxylation sites is 1. The molecule has 0 aliphatic carbocycles. The molecule has 0 atom stereocenters. The van der Waals surface area contributed by atoms with Crippen molar-refractivity contribution in [2.75, 3.05) is 31.1 Å². The van der Waals surface area contributed by atoms with Gasteiger partial charge in [0.25, 0.3) is 0 Å². The van der Waals surface area contributed by atoms with E-state index in [4.69, 9.17) is 0 Å². The van der Waals surface area contributed by atoms with Crippen molar-refractivity contribution >= 4 is 11.6 Å². The van der Waals surface area contributed by atoms with Gasteiger partial charge in [-0.15, -0.1) is 0 Å². The smallest absolute Gasteiger partial charge is 0.224 e. The summed E-state index contributed by atoms with van der Waals surface area (Å²) in [6.07, 6.45) is 7.96. The fourth-order valence-electron chi connectivity index (χ4n) is 3.55. The summed E-state index contributed by atoms with van der Waals surface area (Å²) in [6.45, 7) is 3.89. The first-order valence-corrected chi connectivity index (χ1v) is 8.45. The van der Waals surface area contributed by atoms with Gasteiger partial charge < -0.3 is 9.80 Å². The molecule has 0 bridgehead atoms. The lowest BCUT2D eigenvalue weighted by Gasteiger charge is -2.32. The zero-order chi connectivity index (χ0) is 14.5. The third-order valence-electron chi connectivity index (χ3n) is 4.76. The van der Waals surface area contributed by atoms with Gasteiger partial charge in [-0.25, -0.2) is 0 Å². The average molecular weight is 286 g/mol. The van der Waals surface area contributed by atoms with E-state index in [2.05, 4.69) is 34.1 Å². The number of nitrogens with zero attached hydrogens (tertiary/aromatic N) is 2. The molecule has 114 valence electrons. The third-order valence-corrected chi connectivity index (χ3v) is 4.76. The van der Waals surface area contributed by atoms with Crippen molar-refractivity contribution in [1.29, 1.82) is 0 Å². The number of hydrogen-bond acceptors (Lipinski definition) is 2. The Hall–Kier alpha value is -1.51. The first kappa shape index (κ1) is 14.4. The molecule has 1 aromatic carbocycles. The molecule has 2 aliphatic rings. The van der Waals surface area contributed by atoms with E-state index >= 15 is 0 Å². The Morgan fingerprint density at radius 2 is 1.71 bits per heavy atom. The largest absolute Gasteiger partial charge is 0.371 e. The second-order valence-electron chi connectivity index (χ2n) is 6.26. The van der Waals surface area contributed by atoms with E-state index in [1.54, 1.807) is 0 Å². The van der Waals surface area contributed by atoms with Crippen molar-refractivity contribution in [3.05, 3.63) is 29.8 Å². The molecule has 2 heterocycles. The number of rotatable bonds is 3. The Balaban J connectivity index is 1.56. The lowest BCUT2D eigenvalue weighted by atomic mass is 10.0. The fraction of sp³-hybridized carbons (Fsp3) is 0.611. The number of hydrogen-bond donors (Lipinski definition) is 0. The van der Waals surface area contributed by atoms with E-state index in [1.807, 2.05) is 0 Å². The molecule has 1 amide bonds. The Morgan fingerprint density at radius 3 is 2.52 bits per heavy atom. The van der Waals surface area contributed by atoms with Crippen molar-refractivity contribution in [2.45, 2.75) is 44.9 Å². The van der Waals surface area contributed by atoms with E-state index < -0.39 is 0 Å². The van der Waals surface area contributed by atoms with Gasteiger partial charge in [0.15, 0.2) is 0 Å². The maximum Gasteiger partial charge on any atom is 0.224 e. The summed E-state index contributed by atoms with van der Waals surface area (Å²) in [4.78, 5) is 16.9. The molecule has 21 heavy (non-hydrogen) atoms. The van der Waals surface area contributed by atoms with Gasteiger partial charge >= 0.3 is 0 Å². The van der Waals surface area contributed by atoms with E-state index in [1.165, 1.54) is 49.8 Å². The summed E-state index contributed by atoms with van der Waals surface area (Å²) < 4.78 is 0. The maximum absolute atomic E-state index is 12.4. The first-order chi connectivity index (χ1) is 10.3. The molecule has 0 spiro atoms. The highest BCUT2D eigenvalue weighted by Gasteiger charge is 2.19. The number of carbonyl (C=O) groups excluding carboxylic acids is 1. The Morgan fingerprint density at radius 1 is 0.952 bits per heavy atom. The number of amides is 1. The number of benzene rings is 1. The van der Waals surface area contributed by atoms with Crippen LogP contribution in [0.2, 0.25) is 0 Å². The predicted octanol–water partition coefficient (Wildman–Crippen LogP) is 3.23. The lowest BCUT2D eigenvalue weighted by Crippen LogP contribution is -2.36. The normalized spacial score (nSPS) is 19.0. The molecule has 3 nitrogen and oxygen atoms in total. The molecule has 0 unspecified atom stereocenters. The van der Waals surface area contributed by atoms with Crippen molar-refractivity contribution in [1.82, 2.24) is 4.90 Å². The Kier molecular flexibility index (Phi) is 4.79. The van der Waals surface area contributed by atoms with Crippen LogP contribution in [0.15, 0.2) is 24.3 Å². The monoisotopic (exact) mass is 286 g/mol. The standard InChI is InChI=1S/C18H26N2O/c21-18(20-12-5-1-2-6-13-20)11-15-19-14-7-9-16-8-3-4-10-17(16)19/h3-4,8,10H,1-2,5-7,9,11-15H2. The van der Waals surface area contributed by atoms with Crippen LogP contribution in [0.3, 0.4) is 0 Å². The number of carbonyl (C=O) groups is 1. The minimum atomic E-state index is 0.347. The molecule has 3 rings (SSSR count). The van der Waals surface area contributed by atoms with Gasteiger partial charge in [0.1, 0.15) is 0 Å². The number of anilines is 1. The van der Waals surface area contributed by atoms with Crippen LogP contribution >= 0.6 is 0 Å². The van der Waals surface area contributed by atoms with Crippen molar-refractivity contribution in [3.63, 3.8) is 0 Å². The quantitative estimate of drug-likeness (QED) is 0.851. The van der Waals surface area contributed by atoms with Crippen LogP contribution in [-0.4, -0.2) is 37.0 Å². The van der Waals surface area contributed by atoms with E-state index in [-0.39, 0.29) is 0 Å². The van der Waals surface area contributed by atoms with E-state index in [9.17, 15) is 4.79 Å². The molecular weight excluding hydrogens is 260 g/mol. The second-order valence-corrected chi connectivity index (χ2v) is 6.26. The number of likely N-dealkylation sites (tertiary alicyclic amines) is 1. The van der Waals surface area contributed by atoms with E-state index in [0.717, 1.165) is 26.2 Å². The number of aryl methyl sites for hydroxylation is 1. The van der Waals surface area contributed by atoms with Gasteiger partial charge in [0, 0.05) is 38.3 Å². The topological polar surface area (TPSA) is 23.6 Å². The molecule has 1 saturated heterocycles. The van der Waals surface area contributed by atoms with Gasteiger partial charge in [0.2, 0.25) is 5.91 Å². The Labute approximate surface area is 127 Å². The zero-order valence-corrected chi connectivity index (χ0v) is 12.9. The zero-order valence-electron chi connectivity index (χ0n) is 12.9. The van der Waals surface area contributed by atoms with Gasteiger partial charge in [-0.1, -0.05) is 31.0 Å². The van der Waals surface area contributed by atoms with Crippen LogP contribution in [-0.2, 0) is 11.2 Å². The van der Waals surface area contributed by atoms with Crippen LogP contribution in [0.4, 0.5) is 5.69 Å². The van der Waals surface area contributed by atoms with Crippen LogP contribution in [0.1, 0.15) is 44.1 Å². The SMILES string of the molecule is O=C(CCN1CCCc2ccccc21)N1CCCCCC1.